The van der Waals surface area contributed by atoms with Gasteiger partial charge in [-0.05, 0) is 57.6 Å². The lowest BCUT2D eigenvalue weighted by Crippen LogP contribution is -2.19. The lowest BCUT2D eigenvalue weighted by atomic mass is 10.0. The van der Waals surface area contributed by atoms with Gasteiger partial charge in [0.1, 0.15) is 24.0 Å². The Bertz CT molecular complexity index is 1000. The van der Waals surface area contributed by atoms with E-state index in [0.717, 1.165) is 52.6 Å². The first-order chi connectivity index (χ1) is 16.6. The number of likely N-dealkylation sites (N-methyl/N-ethyl adjacent to an activating group) is 2. The smallest absolute Gasteiger partial charge is 0.246 e. The number of benzene rings is 1. The SMILES string of the molecule is C=C/C=C(/C)C(=O)NC.C=C1C(N)=N/C(CCC)=N\S/C(c2ccc(OCCN(C)C)cc2)=C\1C. The third-order valence-electron chi connectivity index (χ3n) is 4.94. The number of carbonyl (C=O) groups is 1. The lowest BCUT2D eigenvalue weighted by molar-refractivity contribution is -0.116. The normalized spacial score (nSPS) is 17.8. The number of allylic oxidation sites excluding steroid dienone is 2. The Morgan fingerprint density at radius 3 is 2.49 bits per heavy atom. The first kappa shape index (κ1) is 29.9. The number of hydrogen-bond acceptors (Lipinski definition) is 7. The number of ether oxygens (including phenoxy) is 1. The number of amidine groups is 2. The number of nitrogens with one attached hydrogen (secondary N) is 1. The maximum Gasteiger partial charge on any atom is 0.246 e. The van der Waals surface area contributed by atoms with Crippen molar-refractivity contribution in [2.45, 2.75) is 33.6 Å². The van der Waals surface area contributed by atoms with Crippen LogP contribution in [0.3, 0.4) is 0 Å². The molecule has 190 valence electrons. The summed E-state index contributed by atoms with van der Waals surface area (Å²) in [6, 6.07) is 8.07. The van der Waals surface area contributed by atoms with E-state index in [0.29, 0.717) is 18.0 Å². The van der Waals surface area contributed by atoms with Gasteiger partial charge in [-0.1, -0.05) is 44.4 Å². The molecular weight excluding hydrogens is 458 g/mol. The predicted octanol–water partition coefficient (Wildman–Crippen LogP) is 5.00. The van der Waals surface area contributed by atoms with E-state index in [4.69, 9.17) is 10.5 Å². The van der Waals surface area contributed by atoms with Gasteiger partial charge in [-0.25, -0.2) is 4.99 Å². The van der Waals surface area contributed by atoms with E-state index in [1.165, 1.54) is 11.9 Å². The second-order valence-corrected chi connectivity index (χ2v) is 8.89. The summed E-state index contributed by atoms with van der Waals surface area (Å²) in [4.78, 5) is 18.2. The van der Waals surface area contributed by atoms with Gasteiger partial charge in [0, 0.05) is 48.0 Å². The zero-order valence-electron chi connectivity index (χ0n) is 21.9. The molecule has 0 bridgehead atoms. The van der Waals surface area contributed by atoms with Crippen molar-refractivity contribution in [2.24, 2.45) is 15.1 Å². The Morgan fingerprint density at radius 2 is 1.94 bits per heavy atom. The highest BCUT2D eigenvalue weighted by Gasteiger charge is 2.16. The van der Waals surface area contributed by atoms with Crippen LogP contribution in [0, 0.1) is 0 Å². The van der Waals surface area contributed by atoms with Gasteiger partial charge in [-0.3, -0.25) is 4.79 Å². The monoisotopic (exact) mass is 497 g/mol. The molecule has 0 fully saturated rings. The van der Waals surface area contributed by atoms with E-state index in [1.54, 1.807) is 26.1 Å². The third kappa shape index (κ3) is 10.4. The molecule has 7 nitrogen and oxygen atoms in total. The van der Waals surface area contributed by atoms with Crippen LogP contribution < -0.4 is 15.8 Å². The van der Waals surface area contributed by atoms with Gasteiger partial charge in [0.15, 0.2) is 0 Å². The van der Waals surface area contributed by atoms with Crippen molar-refractivity contribution in [1.82, 2.24) is 10.2 Å². The molecule has 1 aromatic carbocycles. The fourth-order valence-corrected chi connectivity index (χ4v) is 3.65. The summed E-state index contributed by atoms with van der Waals surface area (Å²) < 4.78 is 10.4. The van der Waals surface area contributed by atoms with Gasteiger partial charge in [-0.2, -0.15) is 4.40 Å². The summed E-state index contributed by atoms with van der Waals surface area (Å²) in [5.41, 5.74) is 9.60. The van der Waals surface area contributed by atoms with Crippen LogP contribution in [0.1, 0.15) is 39.2 Å². The summed E-state index contributed by atoms with van der Waals surface area (Å²) in [7, 11) is 5.66. The zero-order valence-corrected chi connectivity index (χ0v) is 22.7. The summed E-state index contributed by atoms with van der Waals surface area (Å²) in [5, 5.41) is 2.49. The highest BCUT2D eigenvalue weighted by atomic mass is 32.2. The molecule has 1 aliphatic rings. The largest absolute Gasteiger partial charge is 0.492 e. The first-order valence-corrected chi connectivity index (χ1v) is 12.3. The fraction of sp³-hybridized carbons (Fsp3) is 0.370. The zero-order chi connectivity index (χ0) is 26.4. The number of hydrogen-bond donors (Lipinski definition) is 2. The Labute approximate surface area is 214 Å². The number of nitrogens with two attached hydrogens (primary N) is 1. The second kappa shape index (κ2) is 15.7. The van der Waals surface area contributed by atoms with Crippen molar-refractivity contribution < 1.29 is 9.53 Å². The average molecular weight is 498 g/mol. The van der Waals surface area contributed by atoms with E-state index in [2.05, 4.69) is 39.7 Å². The van der Waals surface area contributed by atoms with Crippen LogP contribution in [0.4, 0.5) is 0 Å². The molecule has 0 saturated carbocycles. The molecule has 35 heavy (non-hydrogen) atoms. The minimum atomic E-state index is -0.0603. The topological polar surface area (TPSA) is 92.3 Å². The van der Waals surface area contributed by atoms with Crippen molar-refractivity contribution in [2.75, 3.05) is 34.3 Å². The number of amides is 1. The van der Waals surface area contributed by atoms with Gasteiger partial charge in [-0.15, -0.1) is 0 Å². The highest BCUT2D eigenvalue weighted by Crippen LogP contribution is 2.36. The molecule has 2 rings (SSSR count). The van der Waals surface area contributed by atoms with Crippen LogP contribution in [0.15, 0.2) is 75.7 Å². The van der Waals surface area contributed by atoms with Crippen LogP contribution in [0.25, 0.3) is 4.91 Å². The molecular formula is C27H39N5O2S. The Kier molecular flexibility index (Phi) is 13.5. The fourth-order valence-electron chi connectivity index (χ4n) is 2.82. The van der Waals surface area contributed by atoms with Gasteiger partial charge in [0.2, 0.25) is 5.91 Å². The molecule has 0 aliphatic carbocycles. The number of rotatable bonds is 9. The Hall–Kier alpha value is -3.10. The summed E-state index contributed by atoms with van der Waals surface area (Å²) in [6.07, 6.45) is 5.02. The first-order valence-electron chi connectivity index (χ1n) is 11.5. The molecule has 1 aromatic rings. The molecule has 1 amide bonds. The van der Waals surface area contributed by atoms with Gasteiger partial charge < -0.3 is 20.7 Å². The standard InChI is InChI=1S/C20H28N4OS.C7H11NO/c1-6-7-18-22-20(21)15(3)14(2)19(26-23-18)16-8-10-17(11-9-16)25-13-12-24(4)5;1-4-5-6(2)7(9)8-3/h8-11H,3,6-7,12-13H2,1-2,4-5H3,(H2,21,22,23);4-5H,1H2,2-3H3,(H,8,9)/b19-14-;6-5-. The molecule has 0 spiro atoms. The highest BCUT2D eigenvalue weighted by molar-refractivity contribution is 8.07. The summed E-state index contributed by atoms with van der Waals surface area (Å²) in [6.45, 7) is 15.0. The third-order valence-corrected chi connectivity index (χ3v) is 5.97. The predicted molar refractivity (Wildman–Crippen MR) is 152 cm³/mol. The lowest BCUT2D eigenvalue weighted by Gasteiger charge is -2.16. The van der Waals surface area contributed by atoms with Crippen LogP contribution in [0.5, 0.6) is 5.75 Å². The van der Waals surface area contributed by atoms with Crippen LogP contribution in [0.2, 0.25) is 0 Å². The number of nitrogens with zero attached hydrogens (tertiary/aromatic N) is 3. The maximum absolute atomic E-state index is 10.7. The molecule has 0 unspecified atom stereocenters. The molecule has 0 atom stereocenters. The molecule has 1 aliphatic heterocycles. The maximum atomic E-state index is 10.7. The average Bonchev–Trinajstić information content (AvgIpc) is 2.83. The van der Waals surface area contributed by atoms with E-state index in [9.17, 15) is 4.79 Å². The van der Waals surface area contributed by atoms with Crippen molar-refractivity contribution in [3.05, 3.63) is 71.9 Å². The van der Waals surface area contributed by atoms with E-state index < -0.39 is 0 Å². The van der Waals surface area contributed by atoms with Gasteiger partial charge >= 0.3 is 0 Å². The van der Waals surface area contributed by atoms with E-state index in [1.807, 2.05) is 45.3 Å². The number of aliphatic imine (C=N–C) groups is 1. The van der Waals surface area contributed by atoms with Crippen molar-refractivity contribution in [3.8, 4) is 5.75 Å². The number of carbonyl (C=O) groups excluding carboxylic acids is 1. The Balaban J connectivity index is 0.000000579. The molecule has 0 saturated heterocycles. The van der Waals surface area contributed by atoms with E-state index in [-0.39, 0.29) is 5.91 Å². The van der Waals surface area contributed by atoms with Crippen molar-refractivity contribution in [3.63, 3.8) is 0 Å². The van der Waals surface area contributed by atoms with Crippen LogP contribution in [-0.2, 0) is 4.79 Å². The van der Waals surface area contributed by atoms with Crippen LogP contribution in [-0.4, -0.2) is 56.8 Å². The molecule has 3 N–H and O–H groups in total. The van der Waals surface area contributed by atoms with Crippen molar-refractivity contribution in [1.29, 1.82) is 0 Å². The summed E-state index contributed by atoms with van der Waals surface area (Å²) >= 11 is 1.44. The molecule has 1 heterocycles. The molecule has 8 heteroatoms. The van der Waals surface area contributed by atoms with Gasteiger partial charge in [0.25, 0.3) is 0 Å². The minimum Gasteiger partial charge on any atom is -0.492 e. The quantitative estimate of drug-likeness (QED) is 0.285. The summed E-state index contributed by atoms with van der Waals surface area (Å²) in [5.74, 6) is 2.00. The minimum absolute atomic E-state index is 0.0603. The molecule has 0 radical (unpaired) electrons. The van der Waals surface area contributed by atoms with Gasteiger partial charge in [0.05, 0.1) is 0 Å². The van der Waals surface area contributed by atoms with Crippen molar-refractivity contribution >= 4 is 34.4 Å². The van der Waals surface area contributed by atoms with Crippen LogP contribution >= 0.6 is 11.9 Å². The second-order valence-electron chi connectivity index (χ2n) is 8.12. The van der Waals surface area contributed by atoms with E-state index >= 15 is 0 Å². The Morgan fingerprint density at radius 1 is 1.29 bits per heavy atom. The molecule has 0 aromatic heterocycles.